The summed E-state index contributed by atoms with van der Waals surface area (Å²) in [6.45, 7) is 2.38. The highest BCUT2D eigenvalue weighted by Gasteiger charge is 2.49. The molecular formula is C16H17F2N5O3S2. The van der Waals surface area contributed by atoms with E-state index in [1.807, 2.05) is 6.92 Å². The highest BCUT2D eigenvalue weighted by molar-refractivity contribution is 8.13. The maximum Gasteiger partial charge on any atom is 0.312 e. The Labute approximate surface area is 167 Å². The summed E-state index contributed by atoms with van der Waals surface area (Å²) in [6.07, 6.45) is -1.10. The van der Waals surface area contributed by atoms with E-state index in [1.165, 1.54) is 23.1 Å². The molecule has 2 aliphatic rings. The lowest BCUT2D eigenvalue weighted by atomic mass is 9.80. The lowest BCUT2D eigenvalue weighted by molar-refractivity contribution is -0.0466. The summed E-state index contributed by atoms with van der Waals surface area (Å²) in [5.74, 6) is 0.0847. The van der Waals surface area contributed by atoms with E-state index in [0.29, 0.717) is 16.8 Å². The van der Waals surface area contributed by atoms with Crippen LogP contribution in [0.15, 0.2) is 21.1 Å². The van der Waals surface area contributed by atoms with Crippen LogP contribution in [0.25, 0.3) is 0 Å². The number of halogens is 2. The van der Waals surface area contributed by atoms with Crippen LogP contribution in [0.5, 0.6) is 0 Å². The van der Waals surface area contributed by atoms with Crippen LogP contribution in [0.4, 0.5) is 14.6 Å². The zero-order chi connectivity index (χ0) is 19.9. The molecule has 150 valence electrons. The first kappa shape index (κ1) is 19.3. The van der Waals surface area contributed by atoms with Crippen LogP contribution in [0.1, 0.15) is 41.2 Å². The standard InChI is InChI=1S/C16H17F2N5O3S2/c1-7-2-8-4-28-15(19)23-16(8,6-26-7)14-22-10(5-27-14)21-12(24)13-20-9(3-25-13)11(17)18/h3,5,7-8,11H,2,4,6H2,1H3,(H2,19,23)(H,21,24)/t7-,8-,16-/m0/s1. The quantitative estimate of drug-likeness (QED) is 0.767. The number of alkyl halides is 2. The number of thioether (sulfide) groups is 1. The second-order valence-corrected chi connectivity index (χ2v) is 8.51. The van der Waals surface area contributed by atoms with Crippen molar-refractivity contribution in [1.29, 1.82) is 0 Å². The van der Waals surface area contributed by atoms with Gasteiger partial charge in [0.2, 0.25) is 0 Å². The molecule has 0 aliphatic carbocycles. The lowest BCUT2D eigenvalue weighted by Crippen LogP contribution is -2.49. The summed E-state index contributed by atoms with van der Waals surface area (Å²) >= 11 is 2.85. The molecule has 3 atom stereocenters. The predicted octanol–water partition coefficient (Wildman–Crippen LogP) is 3.00. The van der Waals surface area contributed by atoms with Crippen molar-refractivity contribution in [2.24, 2.45) is 16.6 Å². The number of fused-ring (bicyclic) bond motifs is 1. The summed E-state index contributed by atoms with van der Waals surface area (Å²) in [4.78, 5) is 24.8. The number of hydrogen-bond donors (Lipinski definition) is 2. The van der Waals surface area contributed by atoms with E-state index < -0.39 is 29.5 Å². The summed E-state index contributed by atoms with van der Waals surface area (Å²) < 4.78 is 35.8. The molecule has 0 bridgehead atoms. The van der Waals surface area contributed by atoms with Gasteiger partial charge in [0.15, 0.2) is 5.17 Å². The molecule has 28 heavy (non-hydrogen) atoms. The Morgan fingerprint density at radius 3 is 3.04 bits per heavy atom. The normalized spacial score (nSPS) is 27.4. The SMILES string of the molecule is C[C@H]1C[C@H]2CSC(N)=N[C@@]2(c2nc(NC(=O)c3nc(C(F)F)co3)cs2)CO1. The van der Waals surface area contributed by atoms with Gasteiger partial charge >= 0.3 is 5.91 Å². The first-order chi connectivity index (χ1) is 13.4. The van der Waals surface area contributed by atoms with E-state index in [9.17, 15) is 13.6 Å². The third-order valence-corrected chi connectivity index (χ3v) is 6.64. The Morgan fingerprint density at radius 2 is 2.29 bits per heavy atom. The minimum absolute atomic E-state index is 0.126. The van der Waals surface area contributed by atoms with Crippen molar-refractivity contribution in [2.75, 3.05) is 17.7 Å². The first-order valence-electron chi connectivity index (χ1n) is 8.48. The first-order valence-corrected chi connectivity index (χ1v) is 10.3. The van der Waals surface area contributed by atoms with Crippen LogP contribution in [-0.2, 0) is 10.3 Å². The Bertz CT molecular complexity index is 918. The molecular weight excluding hydrogens is 412 g/mol. The van der Waals surface area contributed by atoms with Crippen molar-refractivity contribution in [3.05, 3.63) is 28.2 Å². The van der Waals surface area contributed by atoms with Crippen molar-refractivity contribution >= 4 is 40.0 Å². The number of aliphatic imine (C=N–C) groups is 1. The molecule has 2 aromatic rings. The monoisotopic (exact) mass is 429 g/mol. The molecule has 8 nitrogen and oxygen atoms in total. The number of anilines is 1. The molecule has 0 saturated carbocycles. The van der Waals surface area contributed by atoms with Crippen molar-refractivity contribution in [3.63, 3.8) is 0 Å². The van der Waals surface area contributed by atoms with Crippen molar-refractivity contribution in [2.45, 2.75) is 31.4 Å². The van der Waals surface area contributed by atoms with Crippen LogP contribution >= 0.6 is 23.1 Å². The van der Waals surface area contributed by atoms with Crippen LogP contribution in [-0.4, -0.2) is 39.5 Å². The maximum absolute atomic E-state index is 12.6. The molecule has 2 aromatic heterocycles. The number of ether oxygens (including phenoxy) is 1. The summed E-state index contributed by atoms with van der Waals surface area (Å²) in [7, 11) is 0. The van der Waals surface area contributed by atoms with Gasteiger partial charge in [-0.3, -0.25) is 4.79 Å². The fourth-order valence-corrected chi connectivity index (χ4v) is 5.24. The average molecular weight is 429 g/mol. The smallest absolute Gasteiger partial charge is 0.312 e. The van der Waals surface area contributed by atoms with E-state index in [0.717, 1.165) is 18.4 Å². The Hall–Kier alpha value is -2.05. The summed E-state index contributed by atoms with van der Waals surface area (Å²) in [6, 6.07) is 0. The largest absolute Gasteiger partial charge is 0.440 e. The third kappa shape index (κ3) is 3.51. The average Bonchev–Trinajstić information content (AvgIpc) is 3.32. The Balaban J connectivity index is 1.56. The number of oxazole rings is 1. The van der Waals surface area contributed by atoms with E-state index in [-0.39, 0.29) is 17.8 Å². The summed E-state index contributed by atoms with van der Waals surface area (Å²) in [5, 5.41) is 5.33. The lowest BCUT2D eigenvalue weighted by Gasteiger charge is -2.44. The second-order valence-electron chi connectivity index (χ2n) is 6.61. The van der Waals surface area contributed by atoms with E-state index >= 15 is 0 Å². The van der Waals surface area contributed by atoms with Crippen LogP contribution in [0.3, 0.4) is 0 Å². The van der Waals surface area contributed by atoms with Crippen LogP contribution in [0, 0.1) is 5.92 Å². The highest BCUT2D eigenvalue weighted by Crippen LogP contribution is 2.47. The van der Waals surface area contributed by atoms with Gasteiger partial charge in [-0.1, -0.05) is 11.8 Å². The highest BCUT2D eigenvalue weighted by atomic mass is 32.2. The molecule has 1 fully saturated rings. The van der Waals surface area contributed by atoms with Gasteiger partial charge in [-0.25, -0.2) is 23.7 Å². The number of thiazole rings is 1. The zero-order valence-corrected chi connectivity index (χ0v) is 16.4. The molecule has 3 N–H and O–H groups in total. The number of nitrogens with two attached hydrogens (primary N) is 1. The topological polar surface area (TPSA) is 116 Å². The predicted molar refractivity (Wildman–Crippen MR) is 101 cm³/mol. The fourth-order valence-electron chi connectivity index (χ4n) is 3.27. The summed E-state index contributed by atoms with van der Waals surface area (Å²) in [5.41, 5.74) is 4.70. The zero-order valence-electron chi connectivity index (χ0n) is 14.7. The van der Waals surface area contributed by atoms with Gasteiger partial charge in [-0.2, -0.15) is 0 Å². The number of rotatable bonds is 4. The van der Waals surface area contributed by atoms with Gasteiger partial charge in [0, 0.05) is 17.1 Å². The van der Waals surface area contributed by atoms with Crippen molar-refractivity contribution in [3.8, 4) is 0 Å². The number of carbonyl (C=O) groups excluding carboxylic acids is 1. The molecule has 0 radical (unpaired) electrons. The molecule has 4 rings (SSSR count). The number of amides is 1. The number of aromatic nitrogens is 2. The molecule has 0 spiro atoms. The van der Waals surface area contributed by atoms with Gasteiger partial charge < -0.3 is 20.2 Å². The number of nitrogens with one attached hydrogen (secondary N) is 1. The van der Waals surface area contributed by atoms with Gasteiger partial charge in [-0.05, 0) is 13.3 Å². The second kappa shape index (κ2) is 7.41. The Kier molecular flexibility index (Phi) is 5.10. The molecule has 2 aliphatic heterocycles. The minimum atomic E-state index is -2.81. The van der Waals surface area contributed by atoms with E-state index in [2.05, 4.69) is 20.3 Å². The van der Waals surface area contributed by atoms with Gasteiger partial charge in [0.25, 0.3) is 12.3 Å². The number of carbonyl (C=O) groups is 1. The van der Waals surface area contributed by atoms with Crippen molar-refractivity contribution < 1.29 is 22.7 Å². The molecule has 0 unspecified atom stereocenters. The fraction of sp³-hybridized carbons (Fsp3) is 0.500. The number of amidine groups is 1. The van der Waals surface area contributed by atoms with Crippen LogP contribution < -0.4 is 11.1 Å². The van der Waals surface area contributed by atoms with Crippen LogP contribution in [0.2, 0.25) is 0 Å². The molecule has 4 heterocycles. The third-order valence-electron chi connectivity index (χ3n) is 4.68. The maximum atomic E-state index is 12.6. The van der Waals surface area contributed by atoms with Crippen molar-refractivity contribution in [1.82, 2.24) is 9.97 Å². The number of nitrogens with zero attached hydrogens (tertiary/aromatic N) is 3. The van der Waals surface area contributed by atoms with E-state index in [4.69, 9.17) is 14.9 Å². The molecule has 0 aromatic carbocycles. The Morgan fingerprint density at radius 1 is 1.46 bits per heavy atom. The molecule has 1 amide bonds. The van der Waals surface area contributed by atoms with Gasteiger partial charge in [0.1, 0.15) is 28.3 Å². The minimum Gasteiger partial charge on any atom is -0.440 e. The molecule has 1 saturated heterocycles. The van der Waals surface area contributed by atoms with Gasteiger partial charge in [-0.15, -0.1) is 11.3 Å². The van der Waals surface area contributed by atoms with E-state index in [1.54, 1.807) is 5.38 Å². The van der Waals surface area contributed by atoms with Gasteiger partial charge in [0.05, 0.1) is 12.7 Å². The number of hydrogen-bond acceptors (Lipinski definition) is 9. The molecule has 12 heteroatoms.